The molecule has 1 fully saturated rings. The minimum Gasteiger partial charge on any atom is -0.462 e. The predicted octanol–water partition coefficient (Wildman–Crippen LogP) is 1.27. The van der Waals surface area contributed by atoms with E-state index in [9.17, 15) is 4.79 Å². The Balaban J connectivity index is 2.03. The molecular weight excluding hydrogens is 246 g/mol. The number of hydrogen-bond donors (Lipinski definition) is 0. The summed E-state index contributed by atoms with van der Waals surface area (Å²) in [5, 5.41) is 0. The van der Waals surface area contributed by atoms with Crippen LogP contribution in [-0.4, -0.2) is 48.3 Å². The van der Waals surface area contributed by atoms with Gasteiger partial charge in [-0.05, 0) is 13.3 Å². The van der Waals surface area contributed by atoms with Gasteiger partial charge < -0.3 is 14.4 Å². The first-order valence-corrected chi connectivity index (χ1v) is 6.60. The van der Waals surface area contributed by atoms with Gasteiger partial charge in [0.2, 0.25) is 5.95 Å². The number of anilines is 1. The lowest BCUT2D eigenvalue weighted by molar-refractivity contribution is 0.0378. The lowest BCUT2D eigenvalue weighted by Gasteiger charge is -2.32. The minimum atomic E-state index is -0.387. The maximum Gasteiger partial charge on any atom is 0.341 e. The summed E-state index contributed by atoms with van der Waals surface area (Å²) in [6.45, 7) is 6.46. The molecule has 6 nitrogen and oxygen atoms in total. The number of nitrogens with zero attached hydrogens (tertiary/aromatic N) is 3. The number of carbonyl (C=O) groups is 1. The highest BCUT2D eigenvalue weighted by atomic mass is 16.5. The van der Waals surface area contributed by atoms with Gasteiger partial charge in [-0.15, -0.1) is 0 Å². The maximum atomic E-state index is 11.5. The molecule has 1 aliphatic heterocycles. The topological polar surface area (TPSA) is 64.5 Å². The van der Waals surface area contributed by atoms with Crippen LogP contribution in [0.1, 0.15) is 30.6 Å². The van der Waals surface area contributed by atoms with Crippen LogP contribution >= 0.6 is 0 Å². The number of ether oxygens (including phenoxy) is 2. The summed E-state index contributed by atoms with van der Waals surface area (Å²) in [6.07, 6.45) is 4.22. The van der Waals surface area contributed by atoms with Crippen LogP contribution in [0, 0.1) is 0 Å². The third-order valence-electron chi connectivity index (χ3n) is 3.03. The van der Waals surface area contributed by atoms with Crippen LogP contribution in [0.25, 0.3) is 0 Å². The van der Waals surface area contributed by atoms with E-state index in [1.807, 2.05) is 0 Å². The molecule has 2 rings (SSSR count). The largest absolute Gasteiger partial charge is 0.462 e. The standard InChI is InChI=1S/C13H19N3O3/c1-3-11-9-16(5-6-19-11)13-14-7-10(8-15-13)12(17)18-4-2/h7-8,11H,3-6,9H2,1-2H3. The minimum absolute atomic E-state index is 0.224. The summed E-state index contributed by atoms with van der Waals surface area (Å²) >= 11 is 0. The van der Waals surface area contributed by atoms with Crippen molar-refractivity contribution in [2.24, 2.45) is 0 Å². The van der Waals surface area contributed by atoms with Crippen molar-refractivity contribution in [3.63, 3.8) is 0 Å². The Bertz CT molecular complexity index is 422. The SMILES string of the molecule is CCOC(=O)c1cnc(N2CCOC(CC)C2)nc1. The van der Waals surface area contributed by atoms with Crippen LogP contribution in [0.2, 0.25) is 0 Å². The summed E-state index contributed by atoms with van der Waals surface area (Å²) < 4.78 is 10.5. The number of hydrogen-bond acceptors (Lipinski definition) is 6. The summed E-state index contributed by atoms with van der Waals surface area (Å²) in [6, 6.07) is 0. The lowest BCUT2D eigenvalue weighted by atomic mass is 10.2. The van der Waals surface area contributed by atoms with Gasteiger partial charge >= 0.3 is 5.97 Å². The van der Waals surface area contributed by atoms with Gasteiger partial charge in [0, 0.05) is 25.5 Å². The van der Waals surface area contributed by atoms with Crippen LogP contribution in [0.3, 0.4) is 0 Å². The van der Waals surface area contributed by atoms with Crippen LogP contribution < -0.4 is 4.90 Å². The smallest absolute Gasteiger partial charge is 0.341 e. The van der Waals surface area contributed by atoms with Gasteiger partial charge in [-0.25, -0.2) is 14.8 Å². The normalized spacial score (nSPS) is 19.3. The van der Waals surface area contributed by atoms with Crippen LogP contribution in [0.4, 0.5) is 5.95 Å². The molecule has 1 aliphatic rings. The molecule has 1 aromatic heterocycles. The van der Waals surface area contributed by atoms with Crippen molar-refractivity contribution in [2.45, 2.75) is 26.4 Å². The molecule has 6 heteroatoms. The molecule has 0 saturated carbocycles. The van der Waals surface area contributed by atoms with Gasteiger partial charge in [-0.2, -0.15) is 0 Å². The van der Waals surface area contributed by atoms with Gasteiger partial charge in [0.05, 0.1) is 24.9 Å². The average Bonchev–Trinajstić information content (AvgIpc) is 2.48. The highest BCUT2D eigenvalue weighted by Gasteiger charge is 2.21. The summed E-state index contributed by atoms with van der Waals surface area (Å²) in [5.41, 5.74) is 0.380. The second-order valence-corrected chi connectivity index (χ2v) is 4.34. The number of aromatic nitrogens is 2. The van der Waals surface area contributed by atoms with Crippen molar-refractivity contribution >= 4 is 11.9 Å². The molecule has 0 N–H and O–H groups in total. The van der Waals surface area contributed by atoms with Crippen LogP contribution in [0.5, 0.6) is 0 Å². The summed E-state index contributed by atoms with van der Waals surface area (Å²) in [7, 11) is 0. The molecule has 0 amide bonds. The third kappa shape index (κ3) is 3.41. The summed E-state index contributed by atoms with van der Waals surface area (Å²) in [5.74, 6) is 0.247. The quantitative estimate of drug-likeness (QED) is 0.764. The maximum absolute atomic E-state index is 11.5. The highest BCUT2D eigenvalue weighted by molar-refractivity contribution is 5.88. The zero-order chi connectivity index (χ0) is 13.7. The Morgan fingerprint density at radius 2 is 2.21 bits per heavy atom. The fourth-order valence-electron chi connectivity index (χ4n) is 1.95. The fraction of sp³-hybridized carbons (Fsp3) is 0.615. The number of morpholine rings is 1. The Morgan fingerprint density at radius 3 is 2.84 bits per heavy atom. The van der Waals surface area contributed by atoms with Crippen LogP contribution in [-0.2, 0) is 9.47 Å². The Morgan fingerprint density at radius 1 is 1.47 bits per heavy atom. The van der Waals surface area contributed by atoms with Crippen molar-refractivity contribution < 1.29 is 14.3 Å². The van der Waals surface area contributed by atoms with E-state index in [0.717, 1.165) is 19.5 Å². The van der Waals surface area contributed by atoms with E-state index >= 15 is 0 Å². The zero-order valence-electron chi connectivity index (χ0n) is 11.3. The molecule has 1 unspecified atom stereocenters. The monoisotopic (exact) mass is 265 g/mol. The van der Waals surface area contributed by atoms with Crippen molar-refractivity contribution in [2.75, 3.05) is 31.2 Å². The highest BCUT2D eigenvalue weighted by Crippen LogP contribution is 2.14. The first kappa shape index (κ1) is 13.7. The Labute approximate surface area is 112 Å². The number of carbonyl (C=O) groups excluding carboxylic acids is 1. The molecule has 0 aliphatic carbocycles. The first-order valence-electron chi connectivity index (χ1n) is 6.60. The second-order valence-electron chi connectivity index (χ2n) is 4.34. The number of esters is 1. The second kappa shape index (κ2) is 6.47. The molecule has 104 valence electrons. The van der Waals surface area contributed by atoms with E-state index in [1.54, 1.807) is 6.92 Å². The van der Waals surface area contributed by atoms with Gasteiger partial charge in [-0.1, -0.05) is 6.92 Å². The van der Waals surface area contributed by atoms with E-state index in [4.69, 9.17) is 9.47 Å². The van der Waals surface area contributed by atoms with E-state index in [1.165, 1.54) is 12.4 Å². The van der Waals surface area contributed by atoms with Gasteiger partial charge in [0.1, 0.15) is 0 Å². The third-order valence-corrected chi connectivity index (χ3v) is 3.03. The molecule has 19 heavy (non-hydrogen) atoms. The number of rotatable bonds is 4. The van der Waals surface area contributed by atoms with E-state index in [-0.39, 0.29) is 12.1 Å². The fourth-order valence-corrected chi connectivity index (χ4v) is 1.95. The summed E-state index contributed by atoms with van der Waals surface area (Å²) in [4.78, 5) is 22.0. The van der Waals surface area contributed by atoms with Gasteiger partial charge in [-0.3, -0.25) is 0 Å². The predicted molar refractivity (Wildman–Crippen MR) is 70.2 cm³/mol. The molecule has 0 spiro atoms. The molecule has 1 saturated heterocycles. The average molecular weight is 265 g/mol. The molecule has 1 aromatic rings. The molecule has 2 heterocycles. The Kier molecular flexibility index (Phi) is 4.68. The lowest BCUT2D eigenvalue weighted by Crippen LogP contribution is -2.43. The van der Waals surface area contributed by atoms with Gasteiger partial charge in [0.25, 0.3) is 0 Å². The van der Waals surface area contributed by atoms with Crippen molar-refractivity contribution in [3.05, 3.63) is 18.0 Å². The van der Waals surface area contributed by atoms with E-state index in [2.05, 4.69) is 21.8 Å². The van der Waals surface area contributed by atoms with Crippen molar-refractivity contribution in [1.29, 1.82) is 0 Å². The molecule has 0 aromatic carbocycles. The van der Waals surface area contributed by atoms with Gasteiger partial charge in [0.15, 0.2) is 0 Å². The molecule has 0 radical (unpaired) electrons. The zero-order valence-corrected chi connectivity index (χ0v) is 11.3. The van der Waals surface area contributed by atoms with Crippen molar-refractivity contribution in [1.82, 2.24) is 9.97 Å². The van der Waals surface area contributed by atoms with Crippen LogP contribution in [0.15, 0.2) is 12.4 Å². The van der Waals surface area contributed by atoms with E-state index in [0.29, 0.717) is 24.7 Å². The molecule has 1 atom stereocenters. The molecular formula is C13H19N3O3. The Hall–Kier alpha value is -1.69. The molecule has 0 bridgehead atoms. The first-order chi connectivity index (χ1) is 9.24. The van der Waals surface area contributed by atoms with Crippen molar-refractivity contribution in [3.8, 4) is 0 Å². The van der Waals surface area contributed by atoms with E-state index < -0.39 is 0 Å².